The van der Waals surface area contributed by atoms with Crippen molar-refractivity contribution in [3.05, 3.63) is 0 Å². The smallest absolute Gasteiger partial charge is 0.352 e. The number of rotatable bonds is 3. The summed E-state index contributed by atoms with van der Waals surface area (Å²) in [4.78, 5) is 35.2. The van der Waals surface area contributed by atoms with Crippen LogP contribution in [0.5, 0.6) is 0 Å². The number of carbonyl (C=O) groups is 3. The monoisotopic (exact) mass is 368 g/mol. The fourth-order valence-corrected chi connectivity index (χ4v) is 3.07. The second-order valence-corrected chi connectivity index (χ2v) is 5.07. The highest BCUT2D eigenvalue weighted by atomic mass is 127. The van der Waals surface area contributed by atoms with Crippen LogP contribution in [0.1, 0.15) is 19.8 Å². The molecule has 0 saturated carbocycles. The molecule has 2 heterocycles. The van der Waals surface area contributed by atoms with Crippen molar-refractivity contribution < 1.29 is 28.6 Å². The van der Waals surface area contributed by atoms with Gasteiger partial charge in [0, 0.05) is 17.3 Å². The van der Waals surface area contributed by atoms with Gasteiger partial charge in [-0.3, -0.25) is 9.59 Å². The molecule has 6 nitrogen and oxygen atoms in total. The van der Waals surface area contributed by atoms with Gasteiger partial charge in [-0.25, -0.2) is 4.79 Å². The fraction of sp³-hybridized carbons (Fsp3) is 0.727. The molecule has 0 aliphatic carbocycles. The van der Waals surface area contributed by atoms with E-state index >= 15 is 0 Å². The molecule has 0 aromatic rings. The maximum absolute atomic E-state index is 12.0. The molecule has 0 aromatic carbocycles. The Morgan fingerprint density at radius 2 is 2.28 bits per heavy atom. The van der Waals surface area contributed by atoms with E-state index in [1.165, 1.54) is 0 Å². The number of alkyl halides is 1. The molecule has 0 aromatic heterocycles. The van der Waals surface area contributed by atoms with Crippen molar-refractivity contribution in [2.24, 2.45) is 5.92 Å². The number of cyclic esters (lactones) is 1. The number of hydrogen-bond donors (Lipinski definition) is 0. The molecule has 2 saturated heterocycles. The normalized spacial score (nSPS) is 34.6. The number of ether oxygens (including phenoxy) is 3. The third kappa shape index (κ3) is 1.98. The molecule has 0 radical (unpaired) electrons. The maximum atomic E-state index is 12.0. The van der Waals surface area contributed by atoms with Crippen molar-refractivity contribution in [1.29, 1.82) is 0 Å². The Bertz CT molecular complexity index is 395. The van der Waals surface area contributed by atoms with Gasteiger partial charge in [0.15, 0.2) is 0 Å². The second-order valence-electron chi connectivity index (χ2n) is 4.19. The van der Waals surface area contributed by atoms with Crippen LogP contribution in [0, 0.1) is 5.92 Å². The highest BCUT2D eigenvalue weighted by molar-refractivity contribution is 14.1. The van der Waals surface area contributed by atoms with Crippen molar-refractivity contribution in [2.75, 3.05) is 11.0 Å². The first kappa shape index (κ1) is 13.6. The number of hydrogen-bond acceptors (Lipinski definition) is 6. The van der Waals surface area contributed by atoms with Crippen LogP contribution in [0.4, 0.5) is 0 Å². The average molecular weight is 368 g/mol. The third-order valence-electron chi connectivity index (χ3n) is 3.17. The van der Waals surface area contributed by atoms with Gasteiger partial charge in [0.05, 0.1) is 6.61 Å². The Kier molecular flexibility index (Phi) is 3.79. The van der Waals surface area contributed by atoms with Crippen LogP contribution in [0.2, 0.25) is 0 Å². The number of halogens is 1. The van der Waals surface area contributed by atoms with Gasteiger partial charge in [0.1, 0.15) is 12.0 Å². The van der Waals surface area contributed by atoms with Gasteiger partial charge >= 0.3 is 17.9 Å². The van der Waals surface area contributed by atoms with Gasteiger partial charge in [-0.2, -0.15) is 0 Å². The van der Waals surface area contributed by atoms with E-state index in [1.54, 1.807) is 6.92 Å². The van der Waals surface area contributed by atoms with Crippen LogP contribution in [0.3, 0.4) is 0 Å². The standard InChI is InChI=1S/C11H13IO6/c1-2-16-9(14)8-6(5-12)17-10(15)11(8)4-3-7(13)18-11/h6,8H,2-5H2,1H3/t6-,8-,11-/m0/s1. The Labute approximate surface area is 117 Å². The van der Waals surface area contributed by atoms with Crippen LogP contribution < -0.4 is 0 Å². The Morgan fingerprint density at radius 3 is 2.78 bits per heavy atom. The van der Waals surface area contributed by atoms with Crippen molar-refractivity contribution in [1.82, 2.24) is 0 Å². The Morgan fingerprint density at radius 1 is 1.56 bits per heavy atom. The summed E-state index contributed by atoms with van der Waals surface area (Å²) in [6.07, 6.45) is -0.289. The lowest BCUT2D eigenvalue weighted by atomic mass is 9.84. The summed E-state index contributed by atoms with van der Waals surface area (Å²) in [7, 11) is 0. The lowest BCUT2D eigenvalue weighted by Gasteiger charge is -2.24. The number of carbonyl (C=O) groups excluding carboxylic acids is 3. The predicted octanol–water partition coefficient (Wildman–Crippen LogP) is 0.602. The molecule has 100 valence electrons. The van der Waals surface area contributed by atoms with Gasteiger partial charge in [-0.05, 0) is 6.92 Å². The van der Waals surface area contributed by atoms with Gasteiger partial charge in [-0.1, -0.05) is 22.6 Å². The van der Waals surface area contributed by atoms with E-state index in [0.29, 0.717) is 4.43 Å². The maximum Gasteiger partial charge on any atom is 0.352 e. The quantitative estimate of drug-likeness (QED) is 0.314. The first-order valence-corrected chi connectivity index (χ1v) is 7.23. The van der Waals surface area contributed by atoms with E-state index < -0.39 is 35.5 Å². The summed E-state index contributed by atoms with van der Waals surface area (Å²) >= 11 is 2.03. The summed E-state index contributed by atoms with van der Waals surface area (Å²) in [5.41, 5.74) is -1.46. The van der Waals surface area contributed by atoms with Crippen LogP contribution in [-0.4, -0.2) is 40.6 Å². The molecule has 2 rings (SSSR count). The van der Waals surface area contributed by atoms with Crippen molar-refractivity contribution >= 4 is 40.5 Å². The van der Waals surface area contributed by atoms with E-state index in [0.717, 1.165) is 0 Å². The molecular weight excluding hydrogens is 355 g/mol. The van der Waals surface area contributed by atoms with E-state index in [4.69, 9.17) is 14.2 Å². The lowest BCUT2D eigenvalue weighted by molar-refractivity contribution is -0.171. The molecule has 3 atom stereocenters. The summed E-state index contributed by atoms with van der Waals surface area (Å²) in [5.74, 6) is -2.50. The van der Waals surface area contributed by atoms with E-state index in [9.17, 15) is 14.4 Å². The topological polar surface area (TPSA) is 78.9 Å². The Hall–Kier alpha value is -0.860. The summed E-state index contributed by atoms with van der Waals surface area (Å²) in [6.45, 7) is 1.89. The highest BCUT2D eigenvalue weighted by Crippen LogP contribution is 2.44. The average Bonchev–Trinajstić information content (AvgIpc) is 2.83. The molecule has 2 aliphatic rings. The van der Waals surface area contributed by atoms with Gasteiger partial charge in [0.2, 0.25) is 5.60 Å². The molecule has 0 N–H and O–H groups in total. The van der Waals surface area contributed by atoms with Gasteiger partial charge in [-0.15, -0.1) is 0 Å². The predicted molar refractivity (Wildman–Crippen MR) is 66.9 cm³/mol. The summed E-state index contributed by atoms with van der Waals surface area (Å²) in [6, 6.07) is 0. The molecule has 0 bridgehead atoms. The summed E-state index contributed by atoms with van der Waals surface area (Å²) < 4.78 is 15.7. The van der Waals surface area contributed by atoms with Gasteiger partial charge in [0.25, 0.3) is 0 Å². The van der Waals surface area contributed by atoms with Crippen molar-refractivity contribution in [3.63, 3.8) is 0 Å². The molecule has 18 heavy (non-hydrogen) atoms. The van der Waals surface area contributed by atoms with Crippen LogP contribution >= 0.6 is 22.6 Å². The summed E-state index contributed by atoms with van der Waals surface area (Å²) in [5, 5.41) is 0. The first-order chi connectivity index (χ1) is 8.55. The third-order valence-corrected chi connectivity index (χ3v) is 4.04. The molecule has 7 heteroatoms. The van der Waals surface area contributed by atoms with E-state index in [-0.39, 0.29) is 19.4 Å². The molecule has 1 spiro atoms. The van der Waals surface area contributed by atoms with Crippen LogP contribution in [0.15, 0.2) is 0 Å². The minimum atomic E-state index is -1.46. The van der Waals surface area contributed by atoms with Gasteiger partial charge < -0.3 is 14.2 Å². The molecule has 2 fully saturated rings. The first-order valence-electron chi connectivity index (χ1n) is 5.70. The minimum absolute atomic E-state index is 0.124. The van der Waals surface area contributed by atoms with Crippen LogP contribution in [0.25, 0.3) is 0 Å². The van der Waals surface area contributed by atoms with E-state index in [2.05, 4.69) is 0 Å². The lowest BCUT2D eigenvalue weighted by Crippen LogP contribution is -2.47. The molecule has 0 unspecified atom stereocenters. The number of esters is 3. The van der Waals surface area contributed by atoms with Crippen molar-refractivity contribution in [2.45, 2.75) is 31.5 Å². The van der Waals surface area contributed by atoms with Crippen molar-refractivity contribution in [3.8, 4) is 0 Å². The Balaban J connectivity index is 2.32. The van der Waals surface area contributed by atoms with E-state index in [1.807, 2.05) is 22.6 Å². The molecular formula is C11H13IO6. The zero-order valence-corrected chi connectivity index (χ0v) is 12.0. The largest absolute Gasteiger partial charge is 0.466 e. The fourth-order valence-electron chi connectivity index (χ4n) is 2.38. The highest BCUT2D eigenvalue weighted by Gasteiger charge is 2.66. The van der Waals surface area contributed by atoms with Crippen LogP contribution in [-0.2, 0) is 28.6 Å². The molecule has 0 amide bonds. The SMILES string of the molecule is CCOC(=O)[C@@H]1[C@H](CI)OC(=O)[C@]12CCC(=O)O2. The zero-order chi connectivity index (χ0) is 13.3. The molecule has 2 aliphatic heterocycles. The second kappa shape index (κ2) is 5.02. The minimum Gasteiger partial charge on any atom is -0.466 e. The zero-order valence-electron chi connectivity index (χ0n) is 9.81.